The van der Waals surface area contributed by atoms with Crippen molar-refractivity contribution in [1.29, 1.82) is 0 Å². The molecule has 15 heavy (non-hydrogen) atoms. The molecule has 0 atom stereocenters. The van der Waals surface area contributed by atoms with Gasteiger partial charge in [0.1, 0.15) is 6.61 Å². The SMILES string of the molecule is O=C1CCCN1c1ccc2c(c1)OOC2. The summed E-state index contributed by atoms with van der Waals surface area (Å²) < 4.78 is 0. The van der Waals surface area contributed by atoms with E-state index in [2.05, 4.69) is 0 Å². The molecule has 0 aliphatic carbocycles. The first-order valence-corrected chi connectivity index (χ1v) is 5.07. The average Bonchev–Trinajstić information content (AvgIpc) is 2.84. The smallest absolute Gasteiger partial charge is 0.227 e. The number of benzene rings is 1. The van der Waals surface area contributed by atoms with Gasteiger partial charge in [-0.25, -0.2) is 0 Å². The lowest BCUT2D eigenvalue weighted by molar-refractivity contribution is -0.194. The van der Waals surface area contributed by atoms with Crippen LogP contribution in [0.2, 0.25) is 0 Å². The van der Waals surface area contributed by atoms with Crippen LogP contribution in [-0.4, -0.2) is 12.5 Å². The van der Waals surface area contributed by atoms with Crippen LogP contribution in [0.3, 0.4) is 0 Å². The van der Waals surface area contributed by atoms with Crippen LogP contribution in [0, 0.1) is 0 Å². The summed E-state index contributed by atoms with van der Waals surface area (Å²) in [7, 11) is 0. The molecule has 2 aliphatic rings. The van der Waals surface area contributed by atoms with Gasteiger partial charge < -0.3 is 9.79 Å². The highest BCUT2D eigenvalue weighted by atomic mass is 17.2. The molecule has 1 amide bonds. The minimum atomic E-state index is 0.189. The Kier molecular flexibility index (Phi) is 1.89. The van der Waals surface area contributed by atoms with Gasteiger partial charge in [0.25, 0.3) is 0 Å². The van der Waals surface area contributed by atoms with E-state index in [-0.39, 0.29) is 5.91 Å². The average molecular weight is 205 g/mol. The second-order valence-corrected chi connectivity index (χ2v) is 3.79. The van der Waals surface area contributed by atoms with Gasteiger partial charge in [0.15, 0.2) is 5.75 Å². The topological polar surface area (TPSA) is 38.8 Å². The van der Waals surface area contributed by atoms with Gasteiger partial charge >= 0.3 is 0 Å². The third-order valence-electron chi connectivity index (χ3n) is 2.80. The highest BCUT2D eigenvalue weighted by Gasteiger charge is 2.23. The van der Waals surface area contributed by atoms with Crippen molar-refractivity contribution in [1.82, 2.24) is 0 Å². The zero-order valence-corrected chi connectivity index (χ0v) is 8.23. The Morgan fingerprint density at radius 3 is 3.07 bits per heavy atom. The Bertz CT molecular complexity index is 416. The highest BCUT2D eigenvalue weighted by molar-refractivity contribution is 5.95. The molecular weight excluding hydrogens is 194 g/mol. The minimum Gasteiger partial charge on any atom is -0.337 e. The van der Waals surface area contributed by atoms with Crippen LogP contribution in [0.4, 0.5) is 5.69 Å². The molecule has 3 rings (SSSR count). The Hall–Kier alpha value is -1.55. The van der Waals surface area contributed by atoms with E-state index in [1.807, 2.05) is 18.2 Å². The first kappa shape index (κ1) is 8.73. The zero-order valence-electron chi connectivity index (χ0n) is 8.23. The molecule has 0 radical (unpaired) electrons. The van der Waals surface area contributed by atoms with E-state index in [1.165, 1.54) is 0 Å². The quantitative estimate of drug-likeness (QED) is 0.654. The van der Waals surface area contributed by atoms with Gasteiger partial charge in [-0.15, -0.1) is 0 Å². The van der Waals surface area contributed by atoms with Crippen LogP contribution in [0.25, 0.3) is 0 Å². The summed E-state index contributed by atoms with van der Waals surface area (Å²) >= 11 is 0. The number of fused-ring (bicyclic) bond motifs is 1. The van der Waals surface area contributed by atoms with Crippen LogP contribution in [-0.2, 0) is 16.3 Å². The molecule has 4 nitrogen and oxygen atoms in total. The van der Waals surface area contributed by atoms with Gasteiger partial charge in [0.05, 0.1) is 0 Å². The molecule has 1 fully saturated rings. The molecule has 0 N–H and O–H groups in total. The summed E-state index contributed by atoms with van der Waals surface area (Å²) in [5.41, 5.74) is 1.94. The van der Waals surface area contributed by atoms with Crippen molar-refractivity contribution in [2.75, 3.05) is 11.4 Å². The Labute approximate surface area is 87.3 Å². The summed E-state index contributed by atoms with van der Waals surface area (Å²) in [6.45, 7) is 1.29. The van der Waals surface area contributed by atoms with Crippen molar-refractivity contribution >= 4 is 11.6 Å². The van der Waals surface area contributed by atoms with Crippen LogP contribution < -0.4 is 9.79 Å². The molecule has 4 heteroatoms. The van der Waals surface area contributed by atoms with Crippen molar-refractivity contribution in [3.63, 3.8) is 0 Å². The summed E-state index contributed by atoms with van der Waals surface area (Å²) in [6, 6.07) is 5.76. The van der Waals surface area contributed by atoms with E-state index in [0.717, 1.165) is 30.0 Å². The molecule has 0 spiro atoms. The maximum atomic E-state index is 11.5. The van der Waals surface area contributed by atoms with E-state index in [0.29, 0.717) is 13.0 Å². The van der Waals surface area contributed by atoms with Gasteiger partial charge in [0.2, 0.25) is 5.91 Å². The number of rotatable bonds is 1. The molecule has 2 heterocycles. The molecule has 78 valence electrons. The number of amides is 1. The fraction of sp³-hybridized carbons (Fsp3) is 0.364. The van der Waals surface area contributed by atoms with E-state index in [9.17, 15) is 4.79 Å². The standard InChI is InChI=1S/C11H11NO3/c13-11-2-1-5-12(11)9-4-3-8-7-14-15-10(8)6-9/h3-4,6H,1-2,5,7H2. The van der Waals surface area contributed by atoms with E-state index < -0.39 is 0 Å². The van der Waals surface area contributed by atoms with Crippen LogP contribution in [0.1, 0.15) is 18.4 Å². The molecule has 1 aromatic carbocycles. The molecule has 0 bridgehead atoms. The van der Waals surface area contributed by atoms with E-state index >= 15 is 0 Å². The Balaban J connectivity index is 1.95. The summed E-state index contributed by atoms with van der Waals surface area (Å²) in [6.07, 6.45) is 1.59. The minimum absolute atomic E-state index is 0.189. The molecule has 1 aromatic rings. The predicted molar refractivity (Wildman–Crippen MR) is 53.4 cm³/mol. The summed E-state index contributed by atoms with van der Waals surface area (Å²) in [5, 5.41) is 0. The zero-order chi connectivity index (χ0) is 10.3. The molecular formula is C11H11NO3. The van der Waals surface area contributed by atoms with Crippen molar-refractivity contribution in [3.05, 3.63) is 23.8 Å². The lowest BCUT2D eigenvalue weighted by Gasteiger charge is -2.15. The fourth-order valence-electron chi connectivity index (χ4n) is 1.99. The Morgan fingerprint density at radius 2 is 2.27 bits per heavy atom. The van der Waals surface area contributed by atoms with Crippen molar-refractivity contribution < 1.29 is 14.6 Å². The third kappa shape index (κ3) is 1.37. The first-order chi connectivity index (χ1) is 7.34. The number of carbonyl (C=O) groups is 1. The lowest BCUT2D eigenvalue weighted by Crippen LogP contribution is -2.23. The van der Waals surface area contributed by atoms with Crippen molar-refractivity contribution in [2.24, 2.45) is 0 Å². The summed E-state index contributed by atoms with van der Waals surface area (Å²) in [4.78, 5) is 23.2. The normalized spacial score (nSPS) is 19.2. The number of nitrogens with zero attached hydrogens (tertiary/aromatic N) is 1. The summed E-state index contributed by atoms with van der Waals surface area (Å²) in [5.74, 6) is 0.918. The highest BCUT2D eigenvalue weighted by Crippen LogP contribution is 2.32. The largest absolute Gasteiger partial charge is 0.337 e. The molecule has 0 unspecified atom stereocenters. The van der Waals surface area contributed by atoms with Gasteiger partial charge in [0, 0.05) is 30.3 Å². The second kappa shape index (κ2) is 3.24. The van der Waals surface area contributed by atoms with Crippen LogP contribution in [0.5, 0.6) is 5.75 Å². The van der Waals surface area contributed by atoms with Crippen LogP contribution >= 0.6 is 0 Å². The van der Waals surface area contributed by atoms with Gasteiger partial charge in [-0.05, 0) is 12.5 Å². The van der Waals surface area contributed by atoms with Gasteiger partial charge in [-0.2, -0.15) is 4.89 Å². The van der Waals surface area contributed by atoms with E-state index in [1.54, 1.807) is 4.90 Å². The predicted octanol–water partition coefficient (Wildman–Crippen LogP) is 1.64. The molecule has 0 aromatic heterocycles. The molecule has 1 saturated heterocycles. The Morgan fingerprint density at radius 1 is 1.33 bits per heavy atom. The number of hydrogen-bond acceptors (Lipinski definition) is 3. The number of hydrogen-bond donors (Lipinski definition) is 0. The van der Waals surface area contributed by atoms with Crippen molar-refractivity contribution in [2.45, 2.75) is 19.4 Å². The monoisotopic (exact) mass is 205 g/mol. The third-order valence-corrected chi connectivity index (χ3v) is 2.80. The maximum absolute atomic E-state index is 11.5. The van der Waals surface area contributed by atoms with Gasteiger partial charge in [-0.3, -0.25) is 4.79 Å². The fourth-order valence-corrected chi connectivity index (χ4v) is 1.99. The molecule has 0 saturated carbocycles. The van der Waals surface area contributed by atoms with E-state index in [4.69, 9.17) is 9.78 Å². The lowest BCUT2D eigenvalue weighted by atomic mass is 10.2. The van der Waals surface area contributed by atoms with Crippen LogP contribution in [0.15, 0.2) is 18.2 Å². The maximum Gasteiger partial charge on any atom is 0.227 e. The number of anilines is 1. The first-order valence-electron chi connectivity index (χ1n) is 5.07. The van der Waals surface area contributed by atoms with Crippen molar-refractivity contribution in [3.8, 4) is 5.75 Å². The number of carbonyl (C=O) groups excluding carboxylic acids is 1. The molecule has 2 aliphatic heterocycles. The second-order valence-electron chi connectivity index (χ2n) is 3.79. The van der Waals surface area contributed by atoms with Gasteiger partial charge in [-0.1, -0.05) is 6.07 Å².